The number of carboxylic acid groups (broad SMARTS) is 1. The molecule has 4 atom stereocenters. The molecule has 0 aliphatic carbocycles. The molecule has 0 spiro atoms. The molecular formula is C28H25FN2O5. The smallest absolute Gasteiger partial charge is 0.325 e. The number of carbonyl (C=O) groups is 3. The molecule has 5 rings (SSSR count). The predicted octanol–water partition coefficient (Wildman–Crippen LogP) is 3.74. The highest BCUT2D eigenvalue weighted by Gasteiger charge is 2.68. The van der Waals surface area contributed by atoms with Crippen molar-refractivity contribution in [3.8, 4) is 5.75 Å². The van der Waals surface area contributed by atoms with Crippen LogP contribution in [0.2, 0.25) is 0 Å². The summed E-state index contributed by atoms with van der Waals surface area (Å²) < 4.78 is 19.1. The van der Waals surface area contributed by atoms with Gasteiger partial charge in [-0.1, -0.05) is 42.5 Å². The summed E-state index contributed by atoms with van der Waals surface area (Å²) in [6.45, 7) is 2.32. The molecule has 0 aromatic heterocycles. The van der Waals surface area contributed by atoms with E-state index in [9.17, 15) is 23.9 Å². The third-order valence-electron chi connectivity index (χ3n) is 7.00. The van der Waals surface area contributed by atoms with Crippen molar-refractivity contribution >= 4 is 23.5 Å². The van der Waals surface area contributed by atoms with Crippen molar-refractivity contribution in [3.63, 3.8) is 0 Å². The second kappa shape index (κ2) is 9.20. The van der Waals surface area contributed by atoms with Crippen LogP contribution >= 0.6 is 0 Å². The number of aliphatic carboxylic acids is 1. The lowest BCUT2D eigenvalue weighted by atomic mass is 9.76. The Morgan fingerprint density at radius 3 is 2.28 bits per heavy atom. The van der Waals surface area contributed by atoms with Gasteiger partial charge in [0.25, 0.3) is 0 Å². The normalized spacial score (nSPS) is 25.2. The van der Waals surface area contributed by atoms with Gasteiger partial charge in [-0.2, -0.15) is 0 Å². The number of nitrogens with zero attached hydrogens (tertiary/aromatic N) is 1. The fourth-order valence-corrected chi connectivity index (χ4v) is 5.42. The molecule has 2 aliphatic rings. The molecule has 2 fully saturated rings. The van der Waals surface area contributed by atoms with Crippen LogP contribution < -0.4 is 15.0 Å². The summed E-state index contributed by atoms with van der Waals surface area (Å²) in [6.07, 6.45) is -0.00181. The molecule has 2 saturated heterocycles. The van der Waals surface area contributed by atoms with Crippen LogP contribution in [0.5, 0.6) is 5.75 Å². The minimum Gasteiger partial charge on any atom is -0.494 e. The average molecular weight is 489 g/mol. The second-order valence-electron chi connectivity index (χ2n) is 9.05. The van der Waals surface area contributed by atoms with Gasteiger partial charge in [0, 0.05) is 12.5 Å². The molecular weight excluding hydrogens is 463 g/mol. The molecule has 0 saturated carbocycles. The number of carboxylic acids is 1. The number of fused-ring (bicyclic) bond motifs is 1. The molecule has 184 valence electrons. The molecule has 36 heavy (non-hydrogen) atoms. The molecule has 2 aliphatic heterocycles. The van der Waals surface area contributed by atoms with Crippen molar-refractivity contribution in [2.75, 3.05) is 11.5 Å². The Hall–Kier alpha value is -4.04. The van der Waals surface area contributed by atoms with E-state index in [0.717, 1.165) is 4.90 Å². The Morgan fingerprint density at radius 2 is 1.67 bits per heavy atom. The summed E-state index contributed by atoms with van der Waals surface area (Å²) in [4.78, 5) is 41.6. The van der Waals surface area contributed by atoms with Gasteiger partial charge >= 0.3 is 5.97 Å². The first-order valence-electron chi connectivity index (χ1n) is 11.8. The van der Waals surface area contributed by atoms with Gasteiger partial charge in [-0.3, -0.25) is 19.7 Å². The fourth-order valence-electron chi connectivity index (χ4n) is 5.42. The Kier molecular flexibility index (Phi) is 6.05. The lowest BCUT2D eigenvalue weighted by Crippen LogP contribution is -2.57. The minimum absolute atomic E-state index is 0.00181. The number of ether oxygens (including phenoxy) is 1. The molecule has 3 aromatic rings. The van der Waals surface area contributed by atoms with Gasteiger partial charge in [0.15, 0.2) is 0 Å². The fraction of sp³-hybridized carbons (Fsp3) is 0.250. The molecule has 3 aromatic carbocycles. The summed E-state index contributed by atoms with van der Waals surface area (Å²) >= 11 is 0. The van der Waals surface area contributed by atoms with Gasteiger partial charge in [0.05, 0.1) is 24.1 Å². The maximum Gasteiger partial charge on any atom is 0.325 e. The van der Waals surface area contributed by atoms with Crippen molar-refractivity contribution < 1.29 is 28.6 Å². The number of hydrogen-bond acceptors (Lipinski definition) is 5. The van der Waals surface area contributed by atoms with E-state index < -0.39 is 47.0 Å². The highest BCUT2D eigenvalue weighted by molar-refractivity contribution is 6.24. The SMILES string of the molecule is CCOc1ccc(N2C(=O)C3C(c4ccc(F)cc4)NC(Cc4ccccc4)(C(=O)O)C3C2=O)cc1. The molecule has 2 N–H and O–H groups in total. The molecule has 2 amide bonds. The van der Waals surface area contributed by atoms with Crippen LogP contribution in [0, 0.1) is 17.7 Å². The van der Waals surface area contributed by atoms with E-state index >= 15 is 0 Å². The number of rotatable bonds is 7. The summed E-state index contributed by atoms with van der Waals surface area (Å²) in [5.41, 5.74) is -0.139. The van der Waals surface area contributed by atoms with Crippen molar-refractivity contribution in [1.29, 1.82) is 0 Å². The lowest BCUT2D eigenvalue weighted by molar-refractivity contribution is -0.148. The van der Waals surface area contributed by atoms with Crippen molar-refractivity contribution in [1.82, 2.24) is 5.32 Å². The predicted molar refractivity (Wildman–Crippen MR) is 130 cm³/mol. The highest BCUT2D eigenvalue weighted by Crippen LogP contribution is 2.51. The van der Waals surface area contributed by atoms with Crippen LogP contribution in [0.3, 0.4) is 0 Å². The standard InChI is InChI=1S/C28H25FN2O5/c1-2-36-21-14-12-20(13-15-21)31-25(32)22-23(26(31)33)28(27(34)35,16-17-6-4-3-5-7-17)30-24(22)18-8-10-19(29)11-9-18/h3-15,22-24,30H,2,16H2,1H3,(H,34,35). The monoisotopic (exact) mass is 488 g/mol. The average Bonchev–Trinajstić information content (AvgIpc) is 3.35. The van der Waals surface area contributed by atoms with E-state index in [1.807, 2.05) is 13.0 Å². The highest BCUT2D eigenvalue weighted by atomic mass is 19.1. The number of halogens is 1. The van der Waals surface area contributed by atoms with E-state index in [4.69, 9.17) is 4.74 Å². The van der Waals surface area contributed by atoms with Crippen LogP contribution in [-0.2, 0) is 20.8 Å². The van der Waals surface area contributed by atoms with Crippen molar-refractivity contribution in [2.45, 2.75) is 24.9 Å². The zero-order valence-electron chi connectivity index (χ0n) is 19.6. The van der Waals surface area contributed by atoms with Crippen molar-refractivity contribution in [3.05, 3.63) is 95.8 Å². The number of nitrogens with one attached hydrogen (secondary N) is 1. The van der Waals surface area contributed by atoms with E-state index in [1.165, 1.54) is 24.3 Å². The van der Waals surface area contributed by atoms with Crippen LogP contribution in [-0.4, -0.2) is 35.0 Å². The topological polar surface area (TPSA) is 95.9 Å². The Labute approximate surface area is 207 Å². The summed E-state index contributed by atoms with van der Waals surface area (Å²) in [5, 5.41) is 13.7. The number of imide groups is 1. The summed E-state index contributed by atoms with van der Waals surface area (Å²) in [7, 11) is 0. The molecule has 0 bridgehead atoms. The van der Waals surface area contributed by atoms with Gasteiger partial charge in [-0.05, 0) is 54.4 Å². The van der Waals surface area contributed by atoms with Gasteiger partial charge in [0.1, 0.15) is 17.1 Å². The third kappa shape index (κ3) is 3.83. The zero-order chi connectivity index (χ0) is 25.4. The molecule has 2 heterocycles. The molecule has 7 nitrogen and oxygen atoms in total. The largest absolute Gasteiger partial charge is 0.494 e. The van der Waals surface area contributed by atoms with E-state index in [0.29, 0.717) is 29.2 Å². The second-order valence-corrected chi connectivity index (χ2v) is 9.05. The van der Waals surface area contributed by atoms with Crippen LogP contribution in [0.25, 0.3) is 0 Å². The lowest BCUT2D eigenvalue weighted by Gasteiger charge is -2.31. The third-order valence-corrected chi connectivity index (χ3v) is 7.00. The van der Waals surface area contributed by atoms with E-state index in [1.54, 1.807) is 48.5 Å². The first-order valence-corrected chi connectivity index (χ1v) is 11.8. The maximum atomic E-state index is 13.9. The number of anilines is 1. The molecule has 8 heteroatoms. The number of amides is 2. The van der Waals surface area contributed by atoms with Crippen LogP contribution in [0.4, 0.5) is 10.1 Å². The van der Waals surface area contributed by atoms with E-state index in [-0.39, 0.29) is 6.42 Å². The van der Waals surface area contributed by atoms with Gasteiger partial charge in [-0.25, -0.2) is 9.29 Å². The maximum absolute atomic E-state index is 13.9. The number of carbonyl (C=O) groups excluding carboxylic acids is 2. The quantitative estimate of drug-likeness (QED) is 0.492. The van der Waals surface area contributed by atoms with Gasteiger partial charge < -0.3 is 9.84 Å². The molecule has 0 radical (unpaired) electrons. The summed E-state index contributed by atoms with van der Waals surface area (Å²) in [6, 6.07) is 20.3. The number of hydrogen-bond donors (Lipinski definition) is 2. The van der Waals surface area contributed by atoms with Gasteiger partial charge in [0.2, 0.25) is 11.8 Å². The Bertz CT molecular complexity index is 1300. The van der Waals surface area contributed by atoms with Gasteiger partial charge in [-0.15, -0.1) is 0 Å². The Morgan fingerprint density at radius 1 is 1.00 bits per heavy atom. The van der Waals surface area contributed by atoms with Crippen LogP contribution in [0.1, 0.15) is 24.1 Å². The number of benzene rings is 3. The molecule has 4 unspecified atom stereocenters. The minimum atomic E-state index is -1.74. The van der Waals surface area contributed by atoms with Crippen molar-refractivity contribution in [2.24, 2.45) is 11.8 Å². The first-order chi connectivity index (χ1) is 17.4. The zero-order valence-corrected chi connectivity index (χ0v) is 19.6. The van der Waals surface area contributed by atoms with Crippen LogP contribution in [0.15, 0.2) is 78.9 Å². The Balaban J connectivity index is 1.61. The summed E-state index contributed by atoms with van der Waals surface area (Å²) in [5.74, 6) is -4.29. The first kappa shape index (κ1) is 23.7. The van der Waals surface area contributed by atoms with E-state index in [2.05, 4.69) is 5.32 Å².